The lowest BCUT2D eigenvalue weighted by molar-refractivity contribution is 0.297. The van der Waals surface area contributed by atoms with Crippen LogP contribution in [0.3, 0.4) is 0 Å². The Balaban J connectivity index is 1.61. The van der Waals surface area contributed by atoms with Gasteiger partial charge in [-0.05, 0) is 94.5 Å². The quantitative estimate of drug-likeness (QED) is 0.271. The molecule has 2 atom stereocenters. The molecule has 4 aliphatic carbocycles. The van der Waals surface area contributed by atoms with E-state index >= 15 is 0 Å². The van der Waals surface area contributed by atoms with Crippen molar-refractivity contribution in [1.82, 2.24) is 0 Å². The third-order valence-corrected chi connectivity index (χ3v) is 9.09. The average molecular weight is 413 g/mol. The molecule has 8 rings (SSSR count). The molecular formula is C32H28. The van der Waals surface area contributed by atoms with Gasteiger partial charge in [-0.25, -0.2) is 0 Å². The van der Waals surface area contributed by atoms with Crippen LogP contribution in [0.5, 0.6) is 0 Å². The molecule has 4 aromatic rings. The maximum Gasteiger partial charge on any atom is 0.0167 e. The van der Waals surface area contributed by atoms with Crippen LogP contribution in [-0.4, -0.2) is 0 Å². The minimum Gasteiger partial charge on any atom is -0.0655 e. The van der Waals surface area contributed by atoms with Crippen LogP contribution in [0.25, 0.3) is 21.5 Å². The molecule has 4 aliphatic rings. The smallest absolute Gasteiger partial charge is 0.0167 e. The Morgan fingerprint density at radius 3 is 1.00 bits per heavy atom. The first kappa shape index (κ1) is 18.5. The molecule has 0 aromatic heterocycles. The first-order valence-electron chi connectivity index (χ1n) is 11.9. The van der Waals surface area contributed by atoms with Crippen LogP contribution in [0.15, 0.2) is 95.1 Å². The fraction of sp³-hybridized carbons (Fsp3) is 0.250. The third kappa shape index (κ3) is 2.18. The number of hydrogen-bond donors (Lipinski definition) is 0. The van der Waals surface area contributed by atoms with Crippen LogP contribution in [0, 0.1) is 11.8 Å². The van der Waals surface area contributed by atoms with Crippen molar-refractivity contribution in [2.75, 3.05) is 0 Å². The summed E-state index contributed by atoms with van der Waals surface area (Å²) >= 11 is 0. The number of allylic oxidation sites excluding steroid dienone is 4. The normalized spacial score (nSPS) is 25.9. The molecule has 0 amide bonds. The Bertz CT molecular complexity index is 1320. The maximum atomic E-state index is 2.51. The van der Waals surface area contributed by atoms with E-state index in [1.165, 1.54) is 32.7 Å². The van der Waals surface area contributed by atoms with Gasteiger partial charge in [0.05, 0.1) is 0 Å². The van der Waals surface area contributed by atoms with E-state index < -0.39 is 0 Å². The average Bonchev–Trinajstić information content (AvgIpc) is 2.83. The summed E-state index contributed by atoms with van der Waals surface area (Å²) < 4.78 is 0. The van der Waals surface area contributed by atoms with Crippen LogP contribution in [0.2, 0.25) is 0 Å². The molecule has 0 spiro atoms. The molecular weight excluding hydrogens is 384 g/mol. The second kappa shape index (κ2) is 6.23. The zero-order valence-corrected chi connectivity index (χ0v) is 19.2. The van der Waals surface area contributed by atoms with Gasteiger partial charge in [0.15, 0.2) is 0 Å². The zero-order valence-electron chi connectivity index (χ0n) is 19.2. The van der Waals surface area contributed by atoms with Gasteiger partial charge in [-0.15, -0.1) is 0 Å². The predicted octanol–water partition coefficient (Wildman–Crippen LogP) is 8.50. The second-order valence-corrected chi connectivity index (χ2v) is 10.3. The summed E-state index contributed by atoms with van der Waals surface area (Å²) in [6.45, 7) is 9.50. The molecule has 2 bridgehead atoms. The number of benzene rings is 4. The third-order valence-electron chi connectivity index (χ3n) is 9.09. The Morgan fingerprint density at radius 1 is 0.438 bits per heavy atom. The van der Waals surface area contributed by atoms with Crippen molar-refractivity contribution in [1.29, 1.82) is 0 Å². The fourth-order valence-electron chi connectivity index (χ4n) is 7.28. The van der Waals surface area contributed by atoms with Gasteiger partial charge >= 0.3 is 0 Å². The molecule has 0 fully saturated rings. The van der Waals surface area contributed by atoms with Gasteiger partial charge in [0.25, 0.3) is 0 Å². The standard InChI is InChI=1S/C32H28/c1-17-18(2)20(4)30-29(19(17)3)31-25-13-21-9-5-7-11-23(21)15-27(25)32(30)28-16-24-12-8-6-10-22(24)14-26(28)31/h5-16,29-32H,1-4H3. The van der Waals surface area contributed by atoms with Gasteiger partial charge in [-0.1, -0.05) is 83.9 Å². The van der Waals surface area contributed by atoms with E-state index in [1.54, 1.807) is 33.4 Å². The van der Waals surface area contributed by atoms with E-state index in [2.05, 4.69) is 100 Å². The van der Waals surface area contributed by atoms with Crippen molar-refractivity contribution < 1.29 is 0 Å². The first-order chi connectivity index (χ1) is 15.5. The highest BCUT2D eigenvalue weighted by Gasteiger charge is 2.52. The van der Waals surface area contributed by atoms with E-state index in [9.17, 15) is 0 Å². The van der Waals surface area contributed by atoms with E-state index in [0.717, 1.165) is 0 Å². The van der Waals surface area contributed by atoms with Crippen molar-refractivity contribution >= 4 is 21.5 Å². The van der Waals surface area contributed by atoms with Gasteiger partial charge in [-0.2, -0.15) is 0 Å². The van der Waals surface area contributed by atoms with Crippen LogP contribution in [0.4, 0.5) is 0 Å². The Kier molecular flexibility index (Phi) is 3.59. The van der Waals surface area contributed by atoms with Crippen LogP contribution >= 0.6 is 0 Å². The minimum atomic E-state index is 0.433. The first-order valence-corrected chi connectivity index (χ1v) is 11.9. The highest BCUT2D eigenvalue weighted by atomic mass is 14.5. The van der Waals surface area contributed by atoms with Crippen LogP contribution in [-0.2, 0) is 0 Å². The monoisotopic (exact) mass is 412 g/mol. The highest BCUT2D eigenvalue weighted by Crippen LogP contribution is 2.64. The Hall–Kier alpha value is -3.12. The summed E-state index contributed by atoms with van der Waals surface area (Å²) in [7, 11) is 0. The molecule has 0 heteroatoms. The molecule has 0 N–H and O–H groups in total. The second-order valence-electron chi connectivity index (χ2n) is 10.3. The summed E-state index contributed by atoms with van der Waals surface area (Å²) in [5, 5.41) is 5.48. The fourth-order valence-corrected chi connectivity index (χ4v) is 7.28. The Morgan fingerprint density at radius 2 is 0.719 bits per heavy atom. The number of hydrogen-bond acceptors (Lipinski definition) is 0. The minimum absolute atomic E-state index is 0.433. The molecule has 0 nitrogen and oxygen atoms in total. The van der Waals surface area contributed by atoms with E-state index in [0.29, 0.717) is 23.7 Å². The molecule has 0 aliphatic heterocycles. The number of rotatable bonds is 0. The van der Waals surface area contributed by atoms with Gasteiger partial charge < -0.3 is 0 Å². The van der Waals surface area contributed by atoms with Crippen molar-refractivity contribution in [3.63, 3.8) is 0 Å². The maximum absolute atomic E-state index is 2.51. The molecule has 4 aromatic carbocycles. The summed E-state index contributed by atoms with van der Waals surface area (Å²) in [5.41, 5.74) is 12.5. The molecule has 156 valence electrons. The van der Waals surface area contributed by atoms with E-state index in [4.69, 9.17) is 0 Å². The van der Waals surface area contributed by atoms with E-state index in [1.807, 2.05) is 0 Å². The number of fused-ring (bicyclic) bond motifs is 2. The predicted molar refractivity (Wildman–Crippen MR) is 135 cm³/mol. The highest BCUT2D eigenvalue weighted by molar-refractivity contribution is 5.89. The van der Waals surface area contributed by atoms with Crippen molar-refractivity contribution in [3.8, 4) is 0 Å². The molecule has 0 heterocycles. The largest absolute Gasteiger partial charge is 0.0655 e. The zero-order chi connectivity index (χ0) is 21.7. The van der Waals surface area contributed by atoms with Crippen molar-refractivity contribution in [2.24, 2.45) is 11.8 Å². The summed E-state index contributed by atoms with van der Waals surface area (Å²) in [6, 6.07) is 27.9. The Labute approximate surface area is 190 Å². The van der Waals surface area contributed by atoms with Crippen molar-refractivity contribution in [2.45, 2.75) is 39.5 Å². The van der Waals surface area contributed by atoms with Gasteiger partial charge in [-0.3, -0.25) is 0 Å². The van der Waals surface area contributed by atoms with E-state index in [-0.39, 0.29) is 0 Å². The van der Waals surface area contributed by atoms with Crippen LogP contribution < -0.4 is 0 Å². The lowest BCUT2D eigenvalue weighted by Crippen LogP contribution is -2.43. The lowest BCUT2D eigenvalue weighted by Gasteiger charge is -2.54. The summed E-state index contributed by atoms with van der Waals surface area (Å²) in [4.78, 5) is 0. The summed E-state index contributed by atoms with van der Waals surface area (Å²) in [5.74, 6) is 1.99. The van der Waals surface area contributed by atoms with Crippen molar-refractivity contribution in [3.05, 3.63) is 117 Å². The van der Waals surface area contributed by atoms with Gasteiger partial charge in [0.2, 0.25) is 0 Å². The lowest BCUT2D eigenvalue weighted by atomic mass is 9.49. The van der Waals surface area contributed by atoms with Gasteiger partial charge in [0, 0.05) is 11.8 Å². The molecule has 2 unspecified atom stereocenters. The topological polar surface area (TPSA) is 0 Å². The molecule has 0 saturated heterocycles. The summed E-state index contributed by atoms with van der Waals surface area (Å²) in [6.07, 6.45) is 0. The van der Waals surface area contributed by atoms with Gasteiger partial charge in [0.1, 0.15) is 0 Å². The SMILES string of the molecule is CC1=C(C)C2C3c4cc5ccccc5cc4C(c4cc5ccccc5cc43)C2C(C)=C1C. The molecule has 0 saturated carbocycles. The van der Waals surface area contributed by atoms with Crippen LogP contribution in [0.1, 0.15) is 61.8 Å². The molecule has 32 heavy (non-hydrogen) atoms. The molecule has 0 radical (unpaired) electrons.